The van der Waals surface area contributed by atoms with Gasteiger partial charge in [0.25, 0.3) is 5.91 Å². The molecule has 0 aromatic heterocycles. The second-order valence-corrected chi connectivity index (χ2v) is 5.91. The van der Waals surface area contributed by atoms with E-state index in [1.165, 1.54) is 18.2 Å². The van der Waals surface area contributed by atoms with Crippen molar-refractivity contribution in [3.63, 3.8) is 0 Å². The number of benzene rings is 1. The third-order valence-electron chi connectivity index (χ3n) is 4.21. The normalized spacial score (nSPS) is 24.0. The van der Waals surface area contributed by atoms with Crippen molar-refractivity contribution in [3.8, 4) is 0 Å². The van der Waals surface area contributed by atoms with Crippen LogP contribution in [0.4, 0.5) is 9.18 Å². The van der Waals surface area contributed by atoms with E-state index < -0.39 is 18.0 Å². The van der Waals surface area contributed by atoms with Crippen molar-refractivity contribution in [2.24, 2.45) is 5.73 Å². The molecule has 1 saturated heterocycles. The van der Waals surface area contributed by atoms with Gasteiger partial charge >= 0.3 is 6.09 Å². The van der Waals surface area contributed by atoms with Crippen LogP contribution in [0.15, 0.2) is 18.2 Å². The minimum Gasteiger partial charge on any atom is -0.446 e. The highest BCUT2D eigenvalue weighted by atomic mass is 19.1. The number of nitrogens with two attached hydrogens (primary N) is 1. The molecule has 1 aliphatic carbocycles. The largest absolute Gasteiger partial charge is 0.446 e. The fourth-order valence-electron chi connectivity index (χ4n) is 2.86. The van der Waals surface area contributed by atoms with Gasteiger partial charge in [0.05, 0.1) is 0 Å². The highest BCUT2D eigenvalue weighted by Crippen LogP contribution is 2.44. The maximum absolute atomic E-state index is 14.0. The van der Waals surface area contributed by atoms with E-state index in [-0.39, 0.29) is 17.9 Å². The van der Waals surface area contributed by atoms with Gasteiger partial charge < -0.3 is 20.5 Å². The van der Waals surface area contributed by atoms with Gasteiger partial charge in [-0.1, -0.05) is 0 Å². The molecule has 1 heterocycles. The molecule has 23 heavy (non-hydrogen) atoms. The summed E-state index contributed by atoms with van der Waals surface area (Å²) in [4.78, 5) is 23.0. The minimum absolute atomic E-state index is 0.0802. The van der Waals surface area contributed by atoms with E-state index in [1.54, 1.807) is 0 Å². The van der Waals surface area contributed by atoms with Gasteiger partial charge in [-0.3, -0.25) is 4.79 Å². The van der Waals surface area contributed by atoms with Gasteiger partial charge in [-0.15, -0.1) is 0 Å². The molecular weight excluding hydrogens is 303 g/mol. The van der Waals surface area contributed by atoms with Crippen molar-refractivity contribution in [2.75, 3.05) is 13.2 Å². The molecule has 1 aliphatic heterocycles. The summed E-state index contributed by atoms with van der Waals surface area (Å²) in [5, 5.41) is 2.94. The highest BCUT2D eigenvalue weighted by molar-refractivity contribution is 5.94. The Balaban J connectivity index is 1.67. The van der Waals surface area contributed by atoms with Crippen LogP contribution in [0.3, 0.4) is 0 Å². The van der Waals surface area contributed by atoms with E-state index >= 15 is 0 Å². The molecule has 0 spiro atoms. The van der Waals surface area contributed by atoms with Gasteiger partial charge in [0.1, 0.15) is 11.9 Å². The molecule has 1 aromatic rings. The van der Waals surface area contributed by atoms with E-state index in [0.29, 0.717) is 30.8 Å². The Bertz CT molecular complexity index is 616. The molecule has 2 unspecified atom stereocenters. The van der Waals surface area contributed by atoms with Crippen LogP contribution in [0, 0.1) is 5.82 Å². The fourth-order valence-corrected chi connectivity index (χ4v) is 2.86. The Hall–Kier alpha value is -2.15. The van der Waals surface area contributed by atoms with Gasteiger partial charge in [0.15, 0.2) is 0 Å². The van der Waals surface area contributed by atoms with Crippen LogP contribution in [-0.2, 0) is 9.47 Å². The standard InChI is InChI=1S/C16H19FN2O4/c17-13-2-1-9(15(20)19-10-3-5-22-6-4-10)7-11(13)12-8-14(12)23-16(18)21/h1-2,7,10,12,14H,3-6,8H2,(H2,18,21)(H,19,20). The number of amides is 2. The second-order valence-electron chi connectivity index (χ2n) is 5.91. The fraction of sp³-hybridized carbons (Fsp3) is 0.500. The molecular formula is C16H19FN2O4. The number of carbonyl (C=O) groups excluding carboxylic acids is 2. The number of hydrogen-bond donors (Lipinski definition) is 2. The third kappa shape index (κ3) is 3.79. The smallest absolute Gasteiger partial charge is 0.404 e. The van der Waals surface area contributed by atoms with E-state index in [9.17, 15) is 14.0 Å². The number of halogens is 1. The topological polar surface area (TPSA) is 90.7 Å². The number of hydrogen-bond acceptors (Lipinski definition) is 4. The molecule has 7 heteroatoms. The molecule has 1 aromatic carbocycles. The molecule has 6 nitrogen and oxygen atoms in total. The maximum Gasteiger partial charge on any atom is 0.404 e. The van der Waals surface area contributed by atoms with Crippen LogP contribution in [0.5, 0.6) is 0 Å². The van der Waals surface area contributed by atoms with Crippen molar-refractivity contribution >= 4 is 12.0 Å². The lowest BCUT2D eigenvalue weighted by Crippen LogP contribution is -2.38. The molecule has 2 fully saturated rings. The number of primary amides is 1. The zero-order valence-corrected chi connectivity index (χ0v) is 12.6. The first kappa shape index (κ1) is 15.7. The zero-order chi connectivity index (χ0) is 16.4. The quantitative estimate of drug-likeness (QED) is 0.882. The summed E-state index contributed by atoms with van der Waals surface area (Å²) >= 11 is 0. The predicted molar refractivity (Wildman–Crippen MR) is 79.5 cm³/mol. The van der Waals surface area contributed by atoms with Gasteiger partial charge in [-0.05, 0) is 43.0 Å². The van der Waals surface area contributed by atoms with Crippen LogP contribution >= 0.6 is 0 Å². The summed E-state index contributed by atoms with van der Waals surface area (Å²) in [6, 6.07) is 4.34. The molecule has 0 radical (unpaired) electrons. The third-order valence-corrected chi connectivity index (χ3v) is 4.21. The molecule has 0 bridgehead atoms. The van der Waals surface area contributed by atoms with Crippen molar-refractivity contribution < 1.29 is 23.5 Å². The Morgan fingerprint density at radius 1 is 1.30 bits per heavy atom. The van der Waals surface area contributed by atoms with Crippen molar-refractivity contribution in [3.05, 3.63) is 35.1 Å². The molecule has 2 atom stereocenters. The number of carbonyl (C=O) groups is 2. The van der Waals surface area contributed by atoms with Crippen LogP contribution in [-0.4, -0.2) is 37.4 Å². The molecule has 3 N–H and O–H groups in total. The summed E-state index contributed by atoms with van der Waals surface area (Å²) in [5.74, 6) is -0.877. The summed E-state index contributed by atoms with van der Waals surface area (Å²) in [7, 11) is 0. The average Bonchev–Trinajstić information content (AvgIpc) is 3.26. The lowest BCUT2D eigenvalue weighted by molar-refractivity contribution is 0.0696. The monoisotopic (exact) mass is 322 g/mol. The van der Waals surface area contributed by atoms with Crippen molar-refractivity contribution in [1.29, 1.82) is 0 Å². The van der Waals surface area contributed by atoms with Crippen molar-refractivity contribution in [1.82, 2.24) is 5.32 Å². The molecule has 1 saturated carbocycles. The lowest BCUT2D eigenvalue weighted by Gasteiger charge is -2.23. The first-order valence-electron chi connectivity index (χ1n) is 7.68. The Labute approximate surface area is 133 Å². The van der Waals surface area contributed by atoms with Gasteiger partial charge in [0.2, 0.25) is 0 Å². The summed E-state index contributed by atoms with van der Waals surface area (Å²) in [6.07, 6.45) is 0.792. The number of rotatable bonds is 4. The molecule has 3 rings (SSSR count). The first-order valence-corrected chi connectivity index (χ1v) is 7.68. The number of nitrogens with one attached hydrogen (secondary N) is 1. The van der Waals surface area contributed by atoms with Crippen LogP contribution in [0.1, 0.15) is 41.1 Å². The molecule has 2 amide bonds. The maximum atomic E-state index is 14.0. The molecule has 124 valence electrons. The average molecular weight is 322 g/mol. The Morgan fingerprint density at radius 3 is 2.74 bits per heavy atom. The van der Waals surface area contributed by atoms with Gasteiger partial charge in [-0.25, -0.2) is 9.18 Å². The Kier molecular flexibility index (Phi) is 4.47. The second kappa shape index (κ2) is 6.54. The SMILES string of the molecule is NC(=O)OC1CC1c1cc(C(=O)NC2CCOCC2)ccc1F. The number of ether oxygens (including phenoxy) is 2. The van der Waals surface area contributed by atoms with E-state index in [2.05, 4.69) is 5.32 Å². The zero-order valence-electron chi connectivity index (χ0n) is 12.6. The van der Waals surface area contributed by atoms with Crippen LogP contribution in [0.25, 0.3) is 0 Å². The van der Waals surface area contributed by atoms with E-state index in [1.807, 2.05) is 0 Å². The minimum atomic E-state index is -0.869. The summed E-state index contributed by atoms with van der Waals surface area (Å²) in [5.41, 5.74) is 5.75. The predicted octanol–water partition coefficient (Wildman–Crippen LogP) is 1.69. The van der Waals surface area contributed by atoms with Crippen LogP contribution in [0.2, 0.25) is 0 Å². The van der Waals surface area contributed by atoms with E-state index in [4.69, 9.17) is 15.2 Å². The van der Waals surface area contributed by atoms with E-state index in [0.717, 1.165) is 12.8 Å². The molecule has 2 aliphatic rings. The van der Waals surface area contributed by atoms with Crippen LogP contribution < -0.4 is 11.1 Å². The first-order chi connectivity index (χ1) is 11.0. The van der Waals surface area contributed by atoms with Gasteiger partial charge in [0, 0.05) is 30.7 Å². The summed E-state index contributed by atoms with van der Waals surface area (Å²) in [6.45, 7) is 1.27. The Morgan fingerprint density at radius 2 is 2.04 bits per heavy atom. The lowest BCUT2D eigenvalue weighted by atomic mass is 10.0. The van der Waals surface area contributed by atoms with Gasteiger partial charge in [-0.2, -0.15) is 0 Å². The van der Waals surface area contributed by atoms with Crippen molar-refractivity contribution in [2.45, 2.75) is 37.3 Å². The summed E-state index contributed by atoms with van der Waals surface area (Å²) < 4.78 is 24.1. The highest BCUT2D eigenvalue weighted by Gasteiger charge is 2.43.